The summed E-state index contributed by atoms with van der Waals surface area (Å²) in [4.78, 5) is 36.0. The summed E-state index contributed by atoms with van der Waals surface area (Å²) in [7, 11) is 0. The van der Waals surface area contributed by atoms with Crippen molar-refractivity contribution in [1.82, 2.24) is 5.32 Å². The van der Waals surface area contributed by atoms with Crippen molar-refractivity contribution in [3.63, 3.8) is 0 Å². The first kappa shape index (κ1) is 22.3. The molecule has 4 aromatic rings. The second-order valence-electron chi connectivity index (χ2n) is 8.10. The standard InChI is InChI=1S/C26H25NO6/c1-4-20(25(29)30)27-23(28)11-10-17-14(2)18-12-19-22(13-21(18)33-26(17)31)32-15(3)24(19)16-8-6-5-7-9-16/h5-9,12-13,20H,4,10-11H2,1-3H3,(H,27,28)(H,29,30)/t20-/m1/s1. The molecule has 2 aromatic heterocycles. The first-order valence-electron chi connectivity index (χ1n) is 10.9. The van der Waals surface area contributed by atoms with Crippen molar-refractivity contribution in [2.75, 3.05) is 0 Å². The van der Waals surface area contributed by atoms with Gasteiger partial charge in [0.25, 0.3) is 0 Å². The quantitative estimate of drug-likeness (QED) is 0.396. The Bertz CT molecular complexity index is 1410. The van der Waals surface area contributed by atoms with Crippen LogP contribution >= 0.6 is 0 Å². The van der Waals surface area contributed by atoms with Crippen LogP contribution in [0.2, 0.25) is 0 Å². The zero-order valence-corrected chi connectivity index (χ0v) is 18.7. The summed E-state index contributed by atoms with van der Waals surface area (Å²) >= 11 is 0. The van der Waals surface area contributed by atoms with Crippen molar-refractivity contribution in [2.45, 2.75) is 46.1 Å². The van der Waals surface area contributed by atoms with E-state index in [0.29, 0.717) is 16.7 Å². The fourth-order valence-electron chi connectivity index (χ4n) is 4.20. The van der Waals surface area contributed by atoms with Gasteiger partial charge in [0.1, 0.15) is 23.0 Å². The number of hydrogen-bond acceptors (Lipinski definition) is 5. The van der Waals surface area contributed by atoms with E-state index in [1.54, 1.807) is 13.0 Å². The molecule has 7 nitrogen and oxygen atoms in total. The van der Waals surface area contributed by atoms with Gasteiger partial charge in [0.2, 0.25) is 5.91 Å². The van der Waals surface area contributed by atoms with Gasteiger partial charge in [-0.1, -0.05) is 37.3 Å². The maximum atomic E-state index is 12.7. The number of carboxylic acid groups (broad SMARTS) is 1. The van der Waals surface area contributed by atoms with Gasteiger partial charge in [-0.2, -0.15) is 0 Å². The third-order valence-electron chi connectivity index (χ3n) is 5.98. The van der Waals surface area contributed by atoms with E-state index < -0.39 is 23.5 Å². The highest BCUT2D eigenvalue weighted by atomic mass is 16.4. The minimum atomic E-state index is -1.08. The van der Waals surface area contributed by atoms with Crippen LogP contribution in [0.25, 0.3) is 33.1 Å². The molecule has 0 saturated heterocycles. The number of benzene rings is 2. The lowest BCUT2D eigenvalue weighted by Crippen LogP contribution is -2.40. The van der Waals surface area contributed by atoms with Gasteiger partial charge >= 0.3 is 11.6 Å². The largest absolute Gasteiger partial charge is 0.480 e. The smallest absolute Gasteiger partial charge is 0.339 e. The summed E-state index contributed by atoms with van der Waals surface area (Å²) in [6.45, 7) is 5.42. The molecule has 0 radical (unpaired) electrons. The van der Waals surface area contributed by atoms with Gasteiger partial charge in [-0.15, -0.1) is 0 Å². The molecular formula is C26H25NO6. The highest BCUT2D eigenvalue weighted by molar-refractivity contribution is 6.03. The van der Waals surface area contributed by atoms with Gasteiger partial charge in [-0.25, -0.2) is 9.59 Å². The number of hydrogen-bond donors (Lipinski definition) is 2. The van der Waals surface area contributed by atoms with Crippen LogP contribution in [0.15, 0.2) is 56.1 Å². The highest BCUT2D eigenvalue weighted by Gasteiger charge is 2.20. The molecule has 2 aromatic carbocycles. The molecule has 0 unspecified atom stereocenters. The molecule has 0 aliphatic carbocycles. The number of fused-ring (bicyclic) bond motifs is 2. The number of furan rings is 1. The number of aliphatic carboxylic acids is 1. The Kier molecular flexibility index (Phi) is 6.05. The maximum Gasteiger partial charge on any atom is 0.339 e. The van der Waals surface area contributed by atoms with E-state index in [0.717, 1.165) is 33.2 Å². The van der Waals surface area contributed by atoms with Crippen molar-refractivity contribution >= 4 is 33.8 Å². The topological polar surface area (TPSA) is 110 Å². The van der Waals surface area contributed by atoms with E-state index in [9.17, 15) is 14.4 Å². The van der Waals surface area contributed by atoms with Gasteiger partial charge in [0, 0.05) is 34.4 Å². The summed E-state index contributed by atoms with van der Waals surface area (Å²) in [6.07, 6.45) is 0.422. The van der Waals surface area contributed by atoms with Crippen molar-refractivity contribution in [2.24, 2.45) is 0 Å². The fraction of sp³-hybridized carbons (Fsp3) is 0.269. The second-order valence-corrected chi connectivity index (χ2v) is 8.10. The van der Waals surface area contributed by atoms with Crippen LogP contribution in [-0.4, -0.2) is 23.0 Å². The molecule has 33 heavy (non-hydrogen) atoms. The molecule has 0 aliphatic heterocycles. The maximum absolute atomic E-state index is 12.7. The monoisotopic (exact) mass is 447 g/mol. The summed E-state index contributed by atoms with van der Waals surface area (Å²) in [6, 6.07) is 12.7. The summed E-state index contributed by atoms with van der Waals surface area (Å²) < 4.78 is 11.5. The number of rotatable bonds is 7. The summed E-state index contributed by atoms with van der Waals surface area (Å²) in [5.41, 5.74) is 3.70. The van der Waals surface area contributed by atoms with E-state index in [1.807, 2.05) is 50.2 Å². The fourth-order valence-corrected chi connectivity index (χ4v) is 4.20. The van der Waals surface area contributed by atoms with Crippen molar-refractivity contribution < 1.29 is 23.5 Å². The predicted molar refractivity (Wildman–Crippen MR) is 125 cm³/mol. The molecule has 2 N–H and O–H groups in total. The Labute approximate surface area is 190 Å². The zero-order chi connectivity index (χ0) is 23.7. The molecule has 7 heteroatoms. The van der Waals surface area contributed by atoms with Gasteiger partial charge < -0.3 is 19.3 Å². The SMILES string of the molecule is CC[C@@H](NC(=O)CCc1c(C)c2cc3c(-c4ccccc4)c(C)oc3cc2oc1=O)C(=O)O. The number of carbonyl (C=O) groups is 2. The Morgan fingerprint density at radius 2 is 1.73 bits per heavy atom. The van der Waals surface area contributed by atoms with Crippen LogP contribution in [0.3, 0.4) is 0 Å². The van der Waals surface area contributed by atoms with Crippen LogP contribution in [0.4, 0.5) is 0 Å². The van der Waals surface area contributed by atoms with Crippen LogP contribution in [-0.2, 0) is 16.0 Å². The van der Waals surface area contributed by atoms with Crippen molar-refractivity contribution in [3.8, 4) is 11.1 Å². The first-order valence-corrected chi connectivity index (χ1v) is 10.9. The van der Waals surface area contributed by atoms with Crippen LogP contribution in [0.5, 0.6) is 0 Å². The predicted octanol–water partition coefficient (Wildman–Crippen LogP) is 4.74. The van der Waals surface area contributed by atoms with Gasteiger partial charge in [-0.05, 0) is 43.9 Å². The molecule has 0 spiro atoms. The van der Waals surface area contributed by atoms with E-state index in [2.05, 4.69) is 5.32 Å². The summed E-state index contributed by atoms with van der Waals surface area (Å²) in [5, 5.41) is 13.3. The molecule has 4 rings (SSSR count). The molecular weight excluding hydrogens is 422 g/mol. The van der Waals surface area contributed by atoms with E-state index in [4.69, 9.17) is 13.9 Å². The molecule has 0 bridgehead atoms. The van der Waals surface area contributed by atoms with E-state index >= 15 is 0 Å². The van der Waals surface area contributed by atoms with Crippen molar-refractivity contribution in [3.05, 3.63) is 69.8 Å². The average molecular weight is 447 g/mol. The molecule has 0 aliphatic rings. The third kappa shape index (κ3) is 4.26. The molecule has 0 saturated carbocycles. The minimum Gasteiger partial charge on any atom is -0.480 e. The highest BCUT2D eigenvalue weighted by Crippen LogP contribution is 2.37. The van der Waals surface area contributed by atoms with Crippen LogP contribution < -0.4 is 10.9 Å². The van der Waals surface area contributed by atoms with E-state index in [-0.39, 0.29) is 19.3 Å². The number of carbonyl (C=O) groups excluding carboxylic acids is 1. The normalized spacial score (nSPS) is 12.2. The first-order chi connectivity index (χ1) is 15.8. The lowest BCUT2D eigenvalue weighted by molar-refractivity contribution is -0.141. The molecule has 170 valence electrons. The van der Waals surface area contributed by atoms with Crippen LogP contribution in [0.1, 0.15) is 36.7 Å². The molecule has 1 atom stereocenters. The van der Waals surface area contributed by atoms with E-state index in [1.165, 1.54) is 0 Å². The lowest BCUT2D eigenvalue weighted by Gasteiger charge is -2.12. The second kappa shape index (κ2) is 8.94. The molecule has 2 heterocycles. The van der Waals surface area contributed by atoms with Crippen LogP contribution in [0, 0.1) is 13.8 Å². The Morgan fingerprint density at radius 3 is 2.39 bits per heavy atom. The number of amides is 1. The third-order valence-corrected chi connectivity index (χ3v) is 5.98. The number of aryl methyl sites for hydroxylation is 2. The zero-order valence-electron chi connectivity index (χ0n) is 18.7. The lowest BCUT2D eigenvalue weighted by atomic mass is 9.98. The molecule has 1 amide bonds. The number of carboxylic acids is 1. The Morgan fingerprint density at radius 1 is 1.03 bits per heavy atom. The van der Waals surface area contributed by atoms with Gasteiger partial charge in [-0.3, -0.25) is 4.79 Å². The average Bonchev–Trinajstić information content (AvgIpc) is 3.11. The minimum absolute atomic E-state index is 0.0107. The van der Waals surface area contributed by atoms with Gasteiger partial charge in [0.05, 0.1) is 0 Å². The Balaban J connectivity index is 1.72. The van der Waals surface area contributed by atoms with Crippen molar-refractivity contribution in [1.29, 1.82) is 0 Å². The summed E-state index contributed by atoms with van der Waals surface area (Å²) in [5.74, 6) is -0.733. The molecule has 0 fully saturated rings. The van der Waals surface area contributed by atoms with Gasteiger partial charge in [0.15, 0.2) is 0 Å². The number of nitrogens with one attached hydrogen (secondary N) is 1. The Hall–Kier alpha value is -3.87.